The van der Waals surface area contributed by atoms with E-state index in [1.165, 1.54) is 0 Å². The monoisotopic (exact) mass is 296 g/mol. The van der Waals surface area contributed by atoms with Crippen LogP contribution in [0.4, 0.5) is 0 Å². The van der Waals surface area contributed by atoms with Gasteiger partial charge in [0.05, 0.1) is 5.41 Å². The minimum absolute atomic E-state index is 0. The van der Waals surface area contributed by atoms with Crippen molar-refractivity contribution in [3.63, 3.8) is 0 Å². The molecule has 1 aliphatic heterocycles. The number of piperidine rings is 1. The molecule has 112 valence electrons. The van der Waals surface area contributed by atoms with Crippen LogP contribution in [-0.4, -0.2) is 37.0 Å². The van der Waals surface area contributed by atoms with Crippen molar-refractivity contribution in [2.24, 2.45) is 0 Å². The SMILES string of the molecule is CNC1CCN(C(=O)C(C)(C)c2ccccc2)CC1.Cl. The van der Waals surface area contributed by atoms with E-state index in [9.17, 15) is 4.79 Å². The molecule has 1 aliphatic rings. The Morgan fingerprint density at radius 2 is 1.75 bits per heavy atom. The smallest absolute Gasteiger partial charge is 0.232 e. The molecule has 3 nitrogen and oxygen atoms in total. The quantitative estimate of drug-likeness (QED) is 0.930. The molecule has 0 atom stereocenters. The van der Waals surface area contributed by atoms with Crippen LogP contribution in [0.3, 0.4) is 0 Å². The third-order valence-corrected chi connectivity index (χ3v) is 4.22. The van der Waals surface area contributed by atoms with Crippen LogP contribution in [0.2, 0.25) is 0 Å². The van der Waals surface area contributed by atoms with Crippen molar-refractivity contribution in [3.05, 3.63) is 35.9 Å². The van der Waals surface area contributed by atoms with E-state index in [2.05, 4.69) is 5.32 Å². The highest BCUT2D eigenvalue weighted by atomic mass is 35.5. The maximum atomic E-state index is 12.7. The fourth-order valence-corrected chi connectivity index (χ4v) is 2.74. The van der Waals surface area contributed by atoms with E-state index < -0.39 is 5.41 Å². The highest BCUT2D eigenvalue weighted by Gasteiger charge is 2.35. The Labute approximate surface area is 128 Å². The Morgan fingerprint density at radius 3 is 2.25 bits per heavy atom. The molecule has 0 radical (unpaired) electrons. The minimum Gasteiger partial charge on any atom is -0.342 e. The molecule has 0 saturated carbocycles. The van der Waals surface area contributed by atoms with E-state index in [1.54, 1.807) is 0 Å². The number of nitrogens with zero attached hydrogens (tertiary/aromatic N) is 1. The number of likely N-dealkylation sites (tertiary alicyclic amines) is 1. The fraction of sp³-hybridized carbons (Fsp3) is 0.562. The van der Waals surface area contributed by atoms with Gasteiger partial charge in [0.1, 0.15) is 0 Å². The molecule has 0 spiro atoms. The molecule has 1 aromatic carbocycles. The molecule has 2 rings (SSSR count). The Hall–Kier alpha value is -1.06. The lowest BCUT2D eigenvalue weighted by atomic mass is 9.82. The van der Waals surface area contributed by atoms with Crippen LogP contribution in [0.1, 0.15) is 32.3 Å². The number of hydrogen-bond donors (Lipinski definition) is 1. The maximum Gasteiger partial charge on any atom is 0.232 e. The normalized spacial score (nSPS) is 16.6. The van der Waals surface area contributed by atoms with Crippen LogP contribution in [0.15, 0.2) is 30.3 Å². The summed E-state index contributed by atoms with van der Waals surface area (Å²) in [5.74, 6) is 0.244. The van der Waals surface area contributed by atoms with Crippen LogP contribution in [0, 0.1) is 0 Å². The Kier molecular flexibility index (Phi) is 6.03. The highest BCUT2D eigenvalue weighted by Crippen LogP contribution is 2.27. The molecule has 1 N–H and O–H groups in total. The van der Waals surface area contributed by atoms with Crippen molar-refractivity contribution < 1.29 is 4.79 Å². The topological polar surface area (TPSA) is 32.3 Å². The van der Waals surface area contributed by atoms with Gasteiger partial charge in [-0.25, -0.2) is 0 Å². The Morgan fingerprint density at radius 1 is 1.20 bits per heavy atom. The molecule has 1 heterocycles. The lowest BCUT2D eigenvalue weighted by Crippen LogP contribution is -2.49. The van der Waals surface area contributed by atoms with Crippen LogP contribution < -0.4 is 5.32 Å². The van der Waals surface area contributed by atoms with Gasteiger partial charge in [0.25, 0.3) is 0 Å². The van der Waals surface area contributed by atoms with Crippen LogP contribution in [-0.2, 0) is 10.2 Å². The van der Waals surface area contributed by atoms with Crippen molar-refractivity contribution in [3.8, 4) is 0 Å². The Balaban J connectivity index is 0.00000200. The summed E-state index contributed by atoms with van der Waals surface area (Å²) in [6.45, 7) is 5.77. The number of amides is 1. The fourth-order valence-electron chi connectivity index (χ4n) is 2.74. The summed E-state index contributed by atoms with van der Waals surface area (Å²) in [4.78, 5) is 14.7. The molecule has 1 fully saturated rings. The molecular formula is C16H25ClN2O. The van der Waals surface area contributed by atoms with Crippen molar-refractivity contribution in [1.82, 2.24) is 10.2 Å². The zero-order chi connectivity index (χ0) is 13.9. The average Bonchev–Trinajstić information content (AvgIpc) is 2.47. The van der Waals surface area contributed by atoms with Crippen molar-refractivity contribution in [2.75, 3.05) is 20.1 Å². The number of nitrogens with one attached hydrogen (secondary N) is 1. The molecule has 0 bridgehead atoms. The van der Waals surface area contributed by atoms with E-state index in [-0.39, 0.29) is 18.3 Å². The van der Waals surface area contributed by atoms with E-state index in [4.69, 9.17) is 0 Å². The van der Waals surface area contributed by atoms with Gasteiger partial charge < -0.3 is 10.2 Å². The minimum atomic E-state index is -0.437. The number of hydrogen-bond acceptors (Lipinski definition) is 2. The summed E-state index contributed by atoms with van der Waals surface area (Å²) in [5, 5.41) is 3.30. The summed E-state index contributed by atoms with van der Waals surface area (Å²) in [7, 11) is 2.00. The first-order valence-electron chi connectivity index (χ1n) is 7.08. The molecule has 1 aromatic rings. The van der Waals surface area contributed by atoms with Gasteiger partial charge in [-0.15, -0.1) is 12.4 Å². The first-order chi connectivity index (χ1) is 9.05. The summed E-state index contributed by atoms with van der Waals surface area (Å²) >= 11 is 0. The third-order valence-electron chi connectivity index (χ3n) is 4.22. The Bertz CT molecular complexity index is 425. The second-order valence-corrected chi connectivity index (χ2v) is 5.85. The van der Waals surface area contributed by atoms with Crippen molar-refractivity contribution in [2.45, 2.75) is 38.1 Å². The van der Waals surface area contributed by atoms with Crippen molar-refractivity contribution in [1.29, 1.82) is 0 Å². The standard InChI is InChI=1S/C16H24N2O.ClH/c1-16(2,13-7-5-4-6-8-13)15(19)18-11-9-14(17-3)10-12-18;/h4-8,14,17H,9-12H2,1-3H3;1H. The molecule has 1 amide bonds. The van der Waals surface area contributed by atoms with Gasteiger partial charge in [0.2, 0.25) is 5.91 Å². The van der Waals surface area contributed by atoms with Gasteiger partial charge in [-0.1, -0.05) is 30.3 Å². The lowest BCUT2D eigenvalue weighted by molar-refractivity contribution is -0.137. The predicted molar refractivity (Wildman–Crippen MR) is 85.4 cm³/mol. The van der Waals surface area contributed by atoms with Crippen LogP contribution >= 0.6 is 12.4 Å². The van der Waals surface area contributed by atoms with E-state index in [1.807, 2.05) is 56.1 Å². The van der Waals surface area contributed by atoms with Gasteiger partial charge in [-0.3, -0.25) is 4.79 Å². The maximum absolute atomic E-state index is 12.7. The highest BCUT2D eigenvalue weighted by molar-refractivity contribution is 5.87. The first-order valence-corrected chi connectivity index (χ1v) is 7.08. The molecule has 20 heavy (non-hydrogen) atoms. The predicted octanol–water partition coefficient (Wildman–Crippen LogP) is 2.60. The summed E-state index contributed by atoms with van der Waals surface area (Å²) < 4.78 is 0. The second kappa shape index (κ2) is 7.09. The van der Waals surface area contributed by atoms with E-state index in [0.717, 1.165) is 31.5 Å². The summed E-state index contributed by atoms with van der Waals surface area (Å²) in [6.07, 6.45) is 2.10. The molecule has 0 aliphatic carbocycles. The summed E-state index contributed by atoms with van der Waals surface area (Å²) in [5.41, 5.74) is 0.657. The molecule has 0 aromatic heterocycles. The van der Waals surface area contributed by atoms with Crippen molar-refractivity contribution >= 4 is 18.3 Å². The van der Waals surface area contributed by atoms with Gasteiger partial charge in [0, 0.05) is 19.1 Å². The second-order valence-electron chi connectivity index (χ2n) is 5.85. The average molecular weight is 297 g/mol. The molecule has 0 unspecified atom stereocenters. The van der Waals surface area contributed by atoms with E-state index in [0.29, 0.717) is 6.04 Å². The lowest BCUT2D eigenvalue weighted by Gasteiger charge is -2.37. The number of benzene rings is 1. The van der Waals surface area contributed by atoms with Crippen LogP contribution in [0.5, 0.6) is 0 Å². The van der Waals surface area contributed by atoms with Gasteiger partial charge in [0.15, 0.2) is 0 Å². The molecule has 1 saturated heterocycles. The van der Waals surface area contributed by atoms with E-state index >= 15 is 0 Å². The zero-order valence-corrected chi connectivity index (χ0v) is 13.4. The number of rotatable bonds is 3. The first kappa shape index (κ1) is 17.0. The van der Waals surface area contributed by atoms with Gasteiger partial charge in [-0.05, 0) is 39.3 Å². The third kappa shape index (κ3) is 3.53. The van der Waals surface area contributed by atoms with Gasteiger partial charge in [-0.2, -0.15) is 0 Å². The van der Waals surface area contributed by atoms with Crippen LogP contribution in [0.25, 0.3) is 0 Å². The number of halogens is 1. The number of carbonyl (C=O) groups excluding carboxylic acids is 1. The summed E-state index contributed by atoms with van der Waals surface area (Å²) in [6, 6.07) is 10.6. The molecular weight excluding hydrogens is 272 g/mol. The van der Waals surface area contributed by atoms with Gasteiger partial charge >= 0.3 is 0 Å². The largest absolute Gasteiger partial charge is 0.342 e. The molecule has 4 heteroatoms. The zero-order valence-electron chi connectivity index (χ0n) is 12.6. The number of carbonyl (C=O) groups is 1.